The molecule has 0 radical (unpaired) electrons. The lowest BCUT2D eigenvalue weighted by Crippen LogP contribution is -2.33. The maximum absolute atomic E-state index is 12.3. The van der Waals surface area contributed by atoms with E-state index in [1.165, 1.54) is 41.8 Å². The van der Waals surface area contributed by atoms with Crippen molar-refractivity contribution in [3.05, 3.63) is 75.1 Å². The van der Waals surface area contributed by atoms with Gasteiger partial charge in [0.15, 0.2) is 16.9 Å². The third kappa shape index (κ3) is 4.94. The van der Waals surface area contributed by atoms with Gasteiger partial charge in [0.2, 0.25) is 0 Å². The van der Waals surface area contributed by atoms with Crippen molar-refractivity contribution in [3.63, 3.8) is 0 Å². The van der Waals surface area contributed by atoms with Crippen LogP contribution in [-0.4, -0.2) is 19.3 Å². The highest BCUT2D eigenvalue weighted by molar-refractivity contribution is 7.90. The van der Waals surface area contributed by atoms with Crippen molar-refractivity contribution in [2.24, 2.45) is 0 Å². The minimum atomic E-state index is -4.07. The van der Waals surface area contributed by atoms with E-state index in [4.69, 9.17) is 11.6 Å². The molecule has 27 heavy (non-hydrogen) atoms. The summed E-state index contributed by atoms with van der Waals surface area (Å²) < 4.78 is 27.5. The molecule has 0 aliphatic rings. The Bertz CT molecular complexity index is 1070. The van der Waals surface area contributed by atoms with Crippen LogP contribution in [0.4, 0.5) is 5.69 Å². The van der Waals surface area contributed by atoms with Crippen LogP contribution in [0.15, 0.2) is 59.9 Å². The van der Waals surface area contributed by atoms with Gasteiger partial charge in [-0.2, -0.15) is 4.73 Å². The Balaban J connectivity index is 1.66. The Morgan fingerprint density at radius 1 is 1.26 bits per heavy atom. The number of anilines is 1. The van der Waals surface area contributed by atoms with Crippen molar-refractivity contribution in [1.29, 1.82) is 0 Å². The number of benzene rings is 1. The molecule has 0 saturated heterocycles. The zero-order valence-electron chi connectivity index (χ0n) is 13.6. The van der Waals surface area contributed by atoms with Gasteiger partial charge < -0.3 is 10.5 Å². The number of halogens is 1. The summed E-state index contributed by atoms with van der Waals surface area (Å²) in [6.07, 6.45) is 3.84. The summed E-state index contributed by atoms with van der Waals surface area (Å²) in [5, 5.41) is 14.3. The molecule has 1 aromatic carbocycles. The smallest absolute Gasteiger partial charge is 0.271 e. The fourth-order valence-electron chi connectivity index (χ4n) is 2.14. The van der Waals surface area contributed by atoms with Crippen LogP contribution in [0.25, 0.3) is 0 Å². The Morgan fingerprint density at radius 3 is 2.63 bits per heavy atom. The molecule has 140 valence electrons. The Morgan fingerprint density at radius 2 is 2.00 bits per heavy atom. The van der Waals surface area contributed by atoms with Gasteiger partial charge in [0.25, 0.3) is 15.9 Å². The van der Waals surface area contributed by atoms with E-state index in [1.54, 1.807) is 18.3 Å². The van der Waals surface area contributed by atoms with E-state index < -0.39 is 15.9 Å². The van der Waals surface area contributed by atoms with E-state index in [0.717, 1.165) is 11.1 Å². The maximum Gasteiger partial charge on any atom is 0.271 e. The summed E-state index contributed by atoms with van der Waals surface area (Å²) in [7, 11) is -4.07. The van der Waals surface area contributed by atoms with Crippen molar-refractivity contribution < 1.29 is 17.9 Å². The Hall–Kier alpha value is -2.69. The van der Waals surface area contributed by atoms with Gasteiger partial charge in [-0.1, -0.05) is 11.6 Å². The normalized spacial score (nSPS) is 11.1. The molecule has 3 rings (SSSR count). The van der Waals surface area contributed by atoms with Gasteiger partial charge in [-0.3, -0.25) is 4.79 Å². The van der Waals surface area contributed by atoms with E-state index in [-0.39, 0.29) is 10.5 Å². The first-order chi connectivity index (χ1) is 12.8. The van der Waals surface area contributed by atoms with Crippen molar-refractivity contribution in [2.45, 2.75) is 11.4 Å². The predicted octanol–water partition coefficient (Wildman–Crippen LogP) is 2.16. The third-order valence-corrected chi connectivity index (χ3v) is 5.88. The Kier molecular flexibility index (Phi) is 5.59. The zero-order chi connectivity index (χ0) is 19.4. The van der Waals surface area contributed by atoms with E-state index in [9.17, 15) is 18.4 Å². The Labute approximate surface area is 164 Å². The van der Waals surface area contributed by atoms with E-state index >= 15 is 0 Å². The summed E-state index contributed by atoms with van der Waals surface area (Å²) in [4.78, 5) is 16.8. The lowest BCUT2D eigenvalue weighted by molar-refractivity contribution is -0.605. The van der Waals surface area contributed by atoms with Gasteiger partial charge in [0, 0.05) is 22.8 Å². The number of hydrogen-bond acceptors (Lipinski definition) is 7. The molecule has 2 N–H and O–H groups in total. The number of nitrogens with zero attached hydrogens (tertiary/aromatic N) is 2. The lowest BCUT2D eigenvalue weighted by atomic mass is 10.3. The SMILES string of the molecule is O=C(NS(=O)(=O)c1ccc(NCc2cnc(Cl)s2)cc1)c1ccc[n+]([O-])c1. The number of amides is 1. The minimum Gasteiger partial charge on any atom is -0.619 e. The maximum atomic E-state index is 12.3. The van der Waals surface area contributed by atoms with Crippen molar-refractivity contribution in [1.82, 2.24) is 9.71 Å². The van der Waals surface area contributed by atoms with Crippen molar-refractivity contribution in [3.8, 4) is 0 Å². The van der Waals surface area contributed by atoms with Crippen LogP contribution < -0.4 is 14.8 Å². The van der Waals surface area contributed by atoms with Crippen LogP contribution >= 0.6 is 22.9 Å². The second kappa shape index (κ2) is 7.91. The van der Waals surface area contributed by atoms with Crippen LogP contribution in [-0.2, 0) is 16.6 Å². The molecule has 3 aromatic rings. The first kappa shape index (κ1) is 19.1. The van der Waals surface area contributed by atoms with Gasteiger partial charge in [-0.05, 0) is 30.3 Å². The molecule has 2 aromatic heterocycles. The fraction of sp³-hybridized carbons (Fsp3) is 0.0625. The summed E-state index contributed by atoms with van der Waals surface area (Å²) in [5.74, 6) is -0.885. The molecule has 0 fully saturated rings. The first-order valence-corrected chi connectivity index (χ1v) is 10.2. The number of sulfonamides is 1. The quantitative estimate of drug-likeness (QED) is 0.463. The molecule has 0 aliphatic carbocycles. The lowest BCUT2D eigenvalue weighted by Gasteiger charge is -2.09. The number of thiazole rings is 1. The van der Waals surface area contributed by atoms with Gasteiger partial charge in [-0.25, -0.2) is 18.1 Å². The third-order valence-electron chi connectivity index (χ3n) is 3.42. The highest BCUT2D eigenvalue weighted by atomic mass is 35.5. The molecule has 0 aliphatic heterocycles. The minimum absolute atomic E-state index is 0.0578. The van der Waals surface area contributed by atoms with E-state index in [1.807, 2.05) is 4.72 Å². The molecular weight excluding hydrogens is 412 g/mol. The summed E-state index contributed by atoms with van der Waals surface area (Å²) in [6, 6.07) is 8.60. The summed E-state index contributed by atoms with van der Waals surface area (Å²) in [5.41, 5.74) is 0.637. The molecular formula is C16H13ClN4O4S2. The van der Waals surface area contributed by atoms with Crippen LogP contribution in [0.3, 0.4) is 0 Å². The monoisotopic (exact) mass is 424 g/mol. The van der Waals surface area contributed by atoms with Gasteiger partial charge in [0.05, 0.1) is 11.4 Å². The molecule has 0 bridgehead atoms. The average Bonchev–Trinajstić information content (AvgIpc) is 3.05. The van der Waals surface area contributed by atoms with E-state index in [0.29, 0.717) is 21.4 Å². The number of carbonyl (C=O) groups excluding carboxylic acids is 1. The highest BCUT2D eigenvalue weighted by Crippen LogP contribution is 2.20. The largest absolute Gasteiger partial charge is 0.619 e. The number of aromatic nitrogens is 2. The fourth-order valence-corrected chi connectivity index (χ4v) is 4.03. The molecule has 0 spiro atoms. The summed E-state index contributed by atoms with van der Waals surface area (Å²) in [6.45, 7) is 0.496. The number of carbonyl (C=O) groups is 1. The number of nitrogens with one attached hydrogen (secondary N) is 2. The standard InChI is InChI=1S/C16H13ClN4O4S2/c17-16-19-9-13(26-16)8-18-12-3-5-14(6-4-12)27(24,25)20-15(22)11-2-1-7-21(23)10-11/h1-7,9-10,18H,8H2,(H,20,22). The van der Waals surface area contributed by atoms with E-state index in [2.05, 4.69) is 10.3 Å². The summed E-state index contributed by atoms with van der Waals surface area (Å²) >= 11 is 7.11. The number of hydrogen-bond donors (Lipinski definition) is 2. The average molecular weight is 425 g/mol. The van der Waals surface area contributed by atoms with Crippen molar-refractivity contribution in [2.75, 3.05) is 5.32 Å². The van der Waals surface area contributed by atoms with Crippen LogP contribution in [0.2, 0.25) is 4.47 Å². The number of rotatable bonds is 6. The molecule has 1 amide bonds. The highest BCUT2D eigenvalue weighted by Gasteiger charge is 2.20. The van der Waals surface area contributed by atoms with Crippen LogP contribution in [0.1, 0.15) is 15.2 Å². The molecule has 0 saturated carbocycles. The van der Waals surface area contributed by atoms with Gasteiger partial charge in [0.1, 0.15) is 5.56 Å². The topological polar surface area (TPSA) is 115 Å². The predicted molar refractivity (Wildman–Crippen MR) is 101 cm³/mol. The second-order valence-corrected chi connectivity index (χ2v) is 8.72. The molecule has 0 atom stereocenters. The number of pyridine rings is 1. The van der Waals surface area contributed by atoms with Crippen LogP contribution in [0, 0.1) is 5.21 Å². The van der Waals surface area contributed by atoms with Crippen LogP contribution in [0.5, 0.6) is 0 Å². The molecule has 11 heteroatoms. The zero-order valence-corrected chi connectivity index (χ0v) is 16.0. The second-order valence-electron chi connectivity index (χ2n) is 5.34. The molecule has 2 heterocycles. The molecule has 0 unspecified atom stereocenters. The van der Waals surface area contributed by atoms with Gasteiger partial charge >= 0.3 is 0 Å². The first-order valence-electron chi connectivity index (χ1n) is 7.53. The van der Waals surface area contributed by atoms with Crippen molar-refractivity contribution >= 4 is 44.6 Å². The molecule has 8 nitrogen and oxygen atoms in total. The van der Waals surface area contributed by atoms with Gasteiger partial charge in [-0.15, -0.1) is 11.3 Å².